The van der Waals surface area contributed by atoms with E-state index in [0.717, 1.165) is 11.8 Å². The van der Waals surface area contributed by atoms with E-state index in [9.17, 15) is 9.59 Å². The summed E-state index contributed by atoms with van der Waals surface area (Å²) in [4.78, 5) is 21.6. The molecule has 0 aliphatic carbocycles. The Balaban J connectivity index is 2.34. The first-order valence-electron chi connectivity index (χ1n) is 4.76. The first kappa shape index (κ1) is 11.4. The van der Waals surface area contributed by atoms with Crippen molar-refractivity contribution in [1.82, 2.24) is 10.9 Å². The number of hydrogen-bond donors (Lipinski definition) is 2. The molecule has 2 N–H and O–H groups in total. The number of benzene rings is 1. The van der Waals surface area contributed by atoms with Gasteiger partial charge in [-0.15, -0.1) is 0 Å². The predicted octanol–water partition coefficient (Wildman–Crippen LogP) is 0.437. The Morgan fingerprint density at radius 1 is 1.40 bits per heavy atom. The Bertz CT molecular complexity index is 325. The molecule has 0 spiro atoms. The lowest BCUT2D eigenvalue weighted by Gasteiger charge is -2.08. The molecule has 1 aromatic rings. The van der Waals surface area contributed by atoms with E-state index in [-0.39, 0.29) is 11.9 Å². The van der Waals surface area contributed by atoms with Crippen molar-refractivity contribution in [2.75, 3.05) is 0 Å². The number of nitrogens with one attached hydrogen (secondary N) is 2. The van der Waals surface area contributed by atoms with E-state index in [1.165, 1.54) is 0 Å². The number of carbonyl (C=O) groups excluding carboxylic acids is 2. The lowest BCUT2D eigenvalue weighted by atomic mass is 10.1. The van der Waals surface area contributed by atoms with Gasteiger partial charge in [0.25, 0.3) is 0 Å². The third-order valence-corrected chi connectivity index (χ3v) is 1.85. The molecule has 0 unspecified atom stereocenters. The second-order valence-corrected chi connectivity index (χ2v) is 3.28. The zero-order valence-corrected chi connectivity index (χ0v) is 8.57. The van der Waals surface area contributed by atoms with Gasteiger partial charge in [-0.1, -0.05) is 30.3 Å². The highest BCUT2D eigenvalue weighted by molar-refractivity contribution is 5.78. The third kappa shape index (κ3) is 4.37. The molecule has 0 heterocycles. The summed E-state index contributed by atoms with van der Waals surface area (Å²) in [6.45, 7) is 1.66. The maximum absolute atomic E-state index is 11.3. The van der Waals surface area contributed by atoms with Crippen LogP contribution in [0.15, 0.2) is 30.3 Å². The maximum Gasteiger partial charge on any atom is 0.238 e. The highest BCUT2D eigenvalue weighted by atomic mass is 16.2. The number of rotatable bonds is 5. The normalized spacial score (nSPS) is 11.8. The second kappa shape index (κ2) is 5.93. The standard InChI is InChI=1S/C11H14N2O2/c1-9(8-14)12-13-11(15)7-10-5-3-2-4-6-10/h2-6,8-9,12H,7H2,1H3,(H,13,15)/t9-/m1/s1. The summed E-state index contributed by atoms with van der Waals surface area (Å²) < 4.78 is 0. The van der Waals surface area contributed by atoms with Gasteiger partial charge in [0.05, 0.1) is 12.5 Å². The smallest absolute Gasteiger partial charge is 0.238 e. The summed E-state index contributed by atoms with van der Waals surface area (Å²) in [5.41, 5.74) is 5.99. The van der Waals surface area contributed by atoms with Crippen LogP contribution in [0.5, 0.6) is 0 Å². The Morgan fingerprint density at radius 3 is 2.67 bits per heavy atom. The minimum atomic E-state index is -0.371. The molecule has 0 saturated carbocycles. The van der Waals surface area contributed by atoms with Gasteiger partial charge < -0.3 is 4.79 Å². The van der Waals surface area contributed by atoms with Crippen molar-refractivity contribution in [2.24, 2.45) is 0 Å². The first-order chi connectivity index (χ1) is 7.22. The summed E-state index contributed by atoms with van der Waals surface area (Å²) in [7, 11) is 0. The fourth-order valence-corrected chi connectivity index (χ4v) is 1.05. The van der Waals surface area contributed by atoms with Crippen LogP contribution in [0.1, 0.15) is 12.5 Å². The monoisotopic (exact) mass is 206 g/mol. The summed E-state index contributed by atoms with van der Waals surface area (Å²) in [5.74, 6) is -0.157. The molecule has 0 aliphatic heterocycles. The highest BCUT2D eigenvalue weighted by Crippen LogP contribution is 1.98. The minimum Gasteiger partial charge on any atom is -0.302 e. The lowest BCUT2D eigenvalue weighted by molar-refractivity contribution is -0.121. The molecule has 4 nitrogen and oxygen atoms in total. The summed E-state index contributed by atoms with van der Waals surface area (Å²) in [5, 5.41) is 0. The van der Waals surface area contributed by atoms with Gasteiger partial charge in [-0.05, 0) is 12.5 Å². The van der Waals surface area contributed by atoms with Crippen LogP contribution in [0.25, 0.3) is 0 Å². The number of carbonyl (C=O) groups is 2. The molecule has 1 amide bonds. The molecular formula is C11H14N2O2. The highest BCUT2D eigenvalue weighted by Gasteiger charge is 2.03. The van der Waals surface area contributed by atoms with Gasteiger partial charge in [-0.2, -0.15) is 0 Å². The van der Waals surface area contributed by atoms with Crippen molar-refractivity contribution < 1.29 is 9.59 Å². The van der Waals surface area contributed by atoms with E-state index in [4.69, 9.17) is 0 Å². The molecule has 15 heavy (non-hydrogen) atoms. The molecule has 0 saturated heterocycles. The predicted molar refractivity (Wildman–Crippen MR) is 57.0 cm³/mol. The molecule has 1 aromatic carbocycles. The number of hydrogen-bond acceptors (Lipinski definition) is 3. The minimum absolute atomic E-state index is 0.157. The van der Waals surface area contributed by atoms with Gasteiger partial charge in [0.2, 0.25) is 5.91 Å². The number of hydrazine groups is 1. The van der Waals surface area contributed by atoms with Crippen molar-refractivity contribution in [2.45, 2.75) is 19.4 Å². The van der Waals surface area contributed by atoms with Crippen LogP contribution in [0.4, 0.5) is 0 Å². The first-order valence-corrected chi connectivity index (χ1v) is 4.76. The van der Waals surface area contributed by atoms with Crippen molar-refractivity contribution in [3.8, 4) is 0 Å². The molecule has 1 rings (SSSR count). The van der Waals surface area contributed by atoms with Gasteiger partial charge in [-0.3, -0.25) is 10.2 Å². The largest absolute Gasteiger partial charge is 0.302 e. The average molecular weight is 206 g/mol. The SMILES string of the molecule is C[C@H](C=O)NNC(=O)Cc1ccccc1. The fraction of sp³-hybridized carbons (Fsp3) is 0.273. The third-order valence-electron chi connectivity index (χ3n) is 1.85. The van der Waals surface area contributed by atoms with E-state index in [1.807, 2.05) is 30.3 Å². The molecule has 0 bridgehead atoms. The molecule has 0 aromatic heterocycles. The molecule has 80 valence electrons. The van der Waals surface area contributed by atoms with Gasteiger partial charge in [0.1, 0.15) is 6.29 Å². The lowest BCUT2D eigenvalue weighted by Crippen LogP contribution is -2.44. The molecule has 0 aliphatic rings. The molecule has 1 atom stereocenters. The van der Waals surface area contributed by atoms with Crippen LogP contribution in [-0.4, -0.2) is 18.2 Å². The van der Waals surface area contributed by atoms with Gasteiger partial charge in [-0.25, -0.2) is 5.43 Å². The van der Waals surface area contributed by atoms with Crippen molar-refractivity contribution in [3.05, 3.63) is 35.9 Å². The van der Waals surface area contributed by atoms with E-state index in [2.05, 4.69) is 10.9 Å². The second-order valence-electron chi connectivity index (χ2n) is 3.28. The quantitative estimate of drug-likeness (QED) is 0.543. The zero-order valence-electron chi connectivity index (χ0n) is 8.57. The van der Waals surface area contributed by atoms with Crippen molar-refractivity contribution in [1.29, 1.82) is 0 Å². The Labute approximate surface area is 88.6 Å². The summed E-state index contributed by atoms with van der Waals surface area (Å²) in [6.07, 6.45) is 1.03. The van der Waals surface area contributed by atoms with Crippen LogP contribution >= 0.6 is 0 Å². The van der Waals surface area contributed by atoms with Crippen molar-refractivity contribution >= 4 is 12.2 Å². The van der Waals surface area contributed by atoms with Crippen LogP contribution in [0, 0.1) is 0 Å². The van der Waals surface area contributed by atoms with Gasteiger partial charge >= 0.3 is 0 Å². The Morgan fingerprint density at radius 2 is 2.07 bits per heavy atom. The number of amides is 1. The Kier molecular flexibility index (Phi) is 4.50. The van der Waals surface area contributed by atoms with Gasteiger partial charge in [0.15, 0.2) is 0 Å². The average Bonchev–Trinajstić information content (AvgIpc) is 2.27. The van der Waals surface area contributed by atoms with Crippen LogP contribution < -0.4 is 10.9 Å². The molecule has 0 fully saturated rings. The summed E-state index contributed by atoms with van der Waals surface area (Å²) in [6, 6.07) is 9.04. The topological polar surface area (TPSA) is 58.2 Å². The van der Waals surface area contributed by atoms with Crippen LogP contribution in [0.2, 0.25) is 0 Å². The van der Waals surface area contributed by atoms with E-state index in [1.54, 1.807) is 6.92 Å². The Hall–Kier alpha value is -1.68. The summed E-state index contributed by atoms with van der Waals surface area (Å²) >= 11 is 0. The van der Waals surface area contributed by atoms with Crippen LogP contribution in [-0.2, 0) is 16.0 Å². The van der Waals surface area contributed by atoms with E-state index in [0.29, 0.717) is 6.42 Å². The molecular weight excluding hydrogens is 192 g/mol. The fourth-order valence-electron chi connectivity index (χ4n) is 1.05. The van der Waals surface area contributed by atoms with Crippen molar-refractivity contribution in [3.63, 3.8) is 0 Å². The number of aldehydes is 1. The van der Waals surface area contributed by atoms with E-state index >= 15 is 0 Å². The molecule has 0 radical (unpaired) electrons. The maximum atomic E-state index is 11.3. The van der Waals surface area contributed by atoms with Gasteiger partial charge in [0, 0.05) is 0 Å². The molecule has 4 heteroatoms. The zero-order chi connectivity index (χ0) is 11.1. The van der Waals surface area contributed by atoms with E-state index < -0.39 is 0 Å². The van der Waals surface area contributed by atoms with Crippen LogP contribution in [0.3, 0.4) is 0 Å².